The van der Waals surface area contributed by atoms with E-state index in [0.29, 0.717) is 6.54 Å². The van der Waals surface area contributed by atoms with E-state index in [1.807, 2.05) is 47.4 Å². The molecule has 6 heteroatoms. The molecule has 2 aliphatic heterocycles. The minimum absolute atomic E-state index is 0.0226. The Bertz CT molecular complexity index is 884. The summed E-state index contributed by atoms with van der Waals surface area (Å²) < 4.78 is 5.24. The lowest BCUT2D eigenvalue weighted by Crippen LogP contribution is -2.66. The number of likely N-dealkylation sites (tertiary alicyclic amines) is 1. The third-order valence-corrected chi connectivity index (χ3v) is 6.04. The Labute approximate surface area is 171 Å². The number of carbonyl (C=O) groups is 2. The minimum Gasteiger partial charge on any atom is -0.497 e. The van der Waals surface area contributed by atoms with Gasteiger partial charge in [0.05, 0.1) is 19.2 Å². The van der Waals surface area contributed by atoms with E-state index < -0.39 is 0 Å². The van der Waals surface area contributed by atoms with Crippen LogP contribution in [0.5, 0.6) is 5.75 Å². The molecule has 0 radical (unpaired) electrons. The second kappa shape index (κ2) is 7.87. The van der Waals surface area contributed by atoms with Crippen molar-refractivity contribution in [2.75, 3.05) is 38.2 Å². The van der Waals surface area contributed by atoms with Gasteiger partial charge in [0.1, 0.15) is 12.3 Å². The summed E-state index contributed by atoms with van der Waals surface area (Å²) in [6, 6.07) is 17.8. The van der Waals surface area contributed by atoms with Crippen molar-refractivity contribution in [1.82, 2.24) is 9.80 Å². The van der Waals surface area contributed by atoms with Crippen molar-refractivity contribution < 1.29 is 14.3 Å². The second-order valence-corrected chi connectivity index (χ2v) is 7.95. The van der Waals surface area contributed by atoms with Crippen molar-refractivity contribution >= 4 is 17.5 Å². The number of rotatable bonds is 4. The zero-order chi connectivity index (χ0) is 20.4. The van der Waals surface area contributed by atoms with Crippen LogP contribution in [0, 0.1) is 0 Å². The summed E-state index contributed by atoms with van der Waals surface area (Å²) in [6.07, 6.45) is 0.860. The summed E-state index contributed by atoms with van der Waals surface area (Å²) in [6.45, 7) is 4.72. The molecule has 2 fully saturated rings. The van der Waals surface area contributed by atoms with Gasteiger partial charge in [-0.05, 0) is 36.2 Å². The molecule has 29 heavy (non-hydrogen) atoms. The number of methoxy groups -OCH3 is 1. The Morgan fingerprint density at radius 1 is 1.07 bits per heavy atom. The van der Waals surface area contributed by atoms with Gasteiger partial charge in [0.25, 0.3) is 0 Å². The first-order chi connectivity index (χ1) is 14.0. The van der Waals surface area contributed by atoms with E-state index >= 15 is 0 Å². The molecule has 6 nitrogen and oxygen atoms in total. The van der Waals surface area contributed by atoms with Gasteiger partial charge in [-0.15, -0.1) is 0 Å². The van der Waals surface area contributed by atoms with Gasteiger partial charge in [-0.25, -0.2) is 0 Å². The molecule has 2 amide bonds. The van der Waals surface area contributed by atoms with Crippen LogP contribution in [-0.2, 0) is 16.1 Å². The van der Waals surface area contributed by atoms with E-state index in [2.05, 4.69) is 17.0 Å². The standard InChI is InChI=1S/C23H27N3O3/c1-18(27)26-15-22(28)25(20-6-4-3-5-7-20)17-23(26)12-13-24(16-23)14-19-8-10-21(29-2)11-9-19/h3-11H,12-17H2,1-2H3/t23-/m0/s1. The third-order valence-electron chi connectivity index (χ3n) is 6.04. The molecule has 0 unspecified atom stereocenters. The SMILES string of the molecule is COc1ccc(CN2CC[C@]3(C2)CN(c2ccccc2)C(=O)CN3C(C)=O)cc1. The van der Waals surface area contributed by atoms with Gasteiger partial charge in [-0.3, -0.25) is 14.5 Å². The quantitative estimate of drug-likeness (QED) is 0.801. The van der Waals surface area contributed by atoms with Crippen LogP contribution >= 0.6 is 0 Å². The summed E-state index contributed by atoms with van der Waals surface area (Å²) >= 11 is 0. The molecule has 152 valence electrons. The Hall–Kier alpha value is -2.86. The summed E-state index contributed by atoms with van der Waals surface area (Å²) in [5.74, 6) is 0.793. The highest BCUT2D eigenvalue weighted by molar-refractivity contribution is 5.98. The van der Waals surface area contributed by atoms with Gasteiger partial charge in [0.15, 0.2) is 0 Å². The van der Waals surface area contributed by atoms with E-state index in [1.54, 1.807) is 18.9 Å². The fraction of sp³-hybridized carbons (Fsp3) is 0.391. The Morgan fingerprint density at radius 3 is 2.45 bits per heavy atom. The molecule has 2 aromatic carbocycles. The minimum atomic E-state index is -0.345. The molecule has 1 spiro atoms. The summed E-state index contributed by atoms with van der Waals surface area (Å²) in [5, 5.41) is 0. The molecular weight excluding hydrogens is 366 g/mol. The molecule has 2 aliphatic rings. The smallest absolute Gasteiger partial charge is 0.246 e. The first-order valence-electron chi connectivity index (χ1n) is 10.00. The highest BCUT2D eigenvalue weighted by Gasteiger charge is 2.50. The third kappa shape index (κ3) is 3.85. The predicted molar refractivity (Wildman–Crippen MR) is 112 cm³/mol. The zero-order valence-corrected chi connectivity index (χ0v) is 17.0. The number of nitrogens with zero attached hydrogens (tertiary/aromatic N) is 3. The number of hydrogen-bond donors (Lipinski definition) is 0. The number of hydrogen-bond acceptors (Lipinski definition) is 4. The van der Waals surface area contributed by atoms with Gasteiger partial charge < -0.3 is 14.5 Å². The molecule has 0 aliphatic carbocycles. The van der Waals surface area contributed by atoms with Crippen molar-refractivity contribution in [2.24, 2.45) is 0 Å². The lowest BCUT2D eigenvalue weighted by atomic mass is 9.91. The summed E-state index contributed by atoms with van der Waals surface area (Å²) in [4.78, 5) is 31.2. The monoisotopic (exact) mass is 393 g/mol. The molecule has 2 aromatic rings. The van der Waals surface area contributed by atoms with E-state index in [-0.39, 0.29) is 23.9 Å². The maximum Gasteiger partial charge on any atom is 0.246 e. The van der Waals surface area contributed by atoms with Crippen LogP contribution in [0.3, 0.4) is 0 Å². The van der Waals surface area contributed by atoms with Gasteiger partial charge >= 0.3 is 0 Å². The van der Waals surface area contributed by atoms with Gasteiger partial charge in [-0.1, -0.05) is 30.3 Å². The van der Waals surface area contributed by atoms with Crippen LogP contribution in [-0.4, -0.2) is 60.4 Å². The summed E-state index contributed by atoms with van der Waals surface area (Å²) in [5.41, 5.74) is 1.76. The first kappa shape index (κ1) is 19.5. The van der Waals surface area contributed by atoms with Crippen LogP contribution in [0.15, 0.2) is 54.6 Å². The molecule has 0 saturated carbocycles. The van der Waals surface area contributed by atoms with Crippen LogP contribution in [0.4, 0.5) is 5.69 Å². The lowest BCUT2D eigenvalue weighted by Gasteiger charge is -2.48. The predicted octanol–water partition coefficient (Wildman–Crippen LogP) is 2.54. The van der Waals surface area contributed by atoms with Gasteiger partial charge in [0.2, 0.25) is 11.8 Å². The molecule has 1 atom stereocenters. The molecule has 2 saturated heterocycles. The normalized spacial score (nSPS) is 22.3. The number of para-hydroxylation sites is 1. The van der Waals surface area contributed by atoms with E-state index in [0.717, 1.165) is 37.5 Å². The second-order valence-electron chi connectivity index (χ2n) is 7.95. The lowest BCUT2D eigenvalue weighted by molar-refractivity contribution is -0.142. The highest BCUT2D eigenvalue weighted by Crippen LogP contribution is 2.35. The number of carbonyl (C=O) groups excluding carboxylic acids is 2. The van der Waals surface area contributed by atoms with Crippen LogP contribution < -0.4 is 9.64 Å². The fourth-order valence-electron chi connectivity index (χ4n) is 4.56. The first-order valence-corrected chi connectivity index (χ1v) is 10.00. The average Bonchev–Trinajstić information content (AvgIpc) is 3.13. The van der Waals surface area contributed by atoms with Crippen molar-refractivity contribution in [3.8, 4) is 5.75 Å². The van der Waals surface area contributed by atoms with Gasteiger partial charge in [-0.2, -0.15) is 0 Å². The summed E-state index contributed by atoms with van der Waals surface area (Å²) in [7, 11) is 1.67. The maximum absolute atomic E-state index is 12.8. The number of ether oxygens (including phenoxy) is 1. The van der Waals surface area contributed by atoms with Crippen molar-refractivity contribution in [3.05, 3.63) is 60.2 Å². The Balaban J connectivity index is 1.54. The number of piperazine rings is 1. The Kier molecular flexibility index (Phi) is 5.28. The highest BCUT2D eigenvalue weighted by atomic mass is 16.5. The van der Waals surface area contributed by atoms with Crippen molar-refractivity contribution in [1.29, 1.82) is 0 Å². The topological polar surface area (TPSA) is 53.1 Å². The van der Waals surface area contributed by atoms with E-state index in [9.17, 15) is 9.59 Å². The van der Waals surface area contributed by atoms with Crippen molar-refractivity contribution in [2.45, 2.75) is 25.4 Å². The fourth-order valence-corrected chi connectivity index (χ4v) is 4.56. The maximum atomic E-state index is 12.8. The van der Waals surface area contributed by atoms with Gasteiger partial charge in [0, 0.05) is 32.2 Å². The van der Waals surface area contributed by atoms with Crippen LogP contribution in [0.25, 0.3) is 0 Å². The molecular formula is C23H27N3O3. The number of amides is 2. The molecule has 4 rings (SSSR count). The van der Waals surface area contributed by atoms with E-state index in [4.69, 9.17) is 4.74 Å². The zero-order valence-electron chi connectivity index (χ0n) is 17.0. The molecule has 0 bridgehead atoms. The largest absolute Gasteiger partial charge is 0.497 e. The molecule has 2 heterocycles. The Morgan fingerprint density at radius 2 is 1.79 bits per heavy atom. The molecule has 0 N–H and O–H groups in total. The number of benzene rings is 2. The molecule has 0 aromatic heterocycles. The van der Waals surface area contributed by atoms with Crippen LogP contribution in [0.2, 0.25) is 0 Å². The van der Waals surface area contributed by atoms with E-state index in [1.165, 1.54) is 5.56 Å². The van der Waals surface area contributed by atoms with Crippen molar-refractivity contribution in [3.63, 3.8) is 0 Å². The average molecular weight is 393 g/mol. The van der Waals surface area contributed by atoms with Crippen LogP contribution in [0.1, 0.15) is 18.9 Å². The number of anilines is 1.